The van der Waals surface area contributed by atoms with Crippen LogP contribution in [0, 0.1) is 0 Å². The van der Waals surface area contributed by atoms with Gasteiger partial charge in [-0.2, -0.15) is 4.31 Å². The number of halogens is 1. The molecule has 1 aromatic heterocycles. The van der Waals surface area contributed by atoms with Gasteiger partial charge in [0, 0.05) is 32.2 Å². The number of nitrogens with zero attached hydrogens (tertiary/aromatic N) is 2. The zero-order valence-electron chi connectivity index (χ0n) is 13.5. The van der Waals surface area contributed by atoms with E-state index in [4.69, 9.17) is 9.15 Å². The summed E-state index contributed by atoms with van der Waals surface area (Å²) in [6.07, 6.45) is 1.44. The van der Waals surface area contributed by atoms with Gasteiger partial charge in [0.05, 0.1) is 22.7 Å². The number of sulfonamides is 1. The van der Waals surface area contributed by atoms with E-state index in [1.807, 2.05) is 0 Å². The number of ether oxygens (including phenoxy) is 1. The van der Waals surface area contributed by atoms with Crippen molar-refractivity contribution in [3.05, 3.63) is 46.8 Å². The van der Waals surface area contributed by atoms with Crippen LogP contribution in [0.1, 0.15) is 10.6 Å². The largest absolute Gasteiger partial charge is 0.496 e. The number of hydrogen-bond acceptors (Lipinski definition) is 5. The number of furan rings is 1. The fourth-order valence-corrected chi connectivity index (χ4v) is 4.48. The Hall–Kier alpha value is -1.84. The summed E-state index contributed by atoms with van der Waals surface area (Å²) < 4.78 is 37.9. The van der Waals surface area contributed by atoms with Gasteiger partial charge in [-0.25, -0.2) is 8.42 Å². The van der Waals surface area contributed by atoms with Crippen LogP contribution >= 0.6 is 15.9 Å². The molecule has 0 spiro atoms. The molecule has 0 radical (unpaired) electrons. The lowest BCUT2D eigenvalue weighted by molar-refractivity contribution is 0.0666. The molecular formula is C16H17BrN2O5S. The first kappa shape index (κ1) is 18.0. The minimum Gasteiger partial charge on any atom is -0.496 e. The van der Waals surface area contributed by atoms with Crippen molar-refractivity contribution >= 4 is 31.9 Å². The standard InChI is InChI=1S/C16H17BrN2O5S/c1-23-15-11-12(4-5-13(15)17)25(21,22)19-8-6-18(7-9-19)16(20)14-3-2-10-24-14/h2-5,10-11H,6-9H2,1H3. The Morgan fingerprint density at radius 3 is 2.52 bits per heavy atom. The van der Waals surface area contributed by atoms with E-state index in [2.05, 4.69) is 15.9 Å². The number of hydrogen-bond donors (Lipinski definition) is 0. The van der Waals surface area contributed by atoms with Crippen molar-refractivity contribution in [3.63, 3.8) is 0 Å². The first-order chi connectivity index (χ1) is 11.9. The van der Waals surface area contributed by atoms with Crippen LogP contribution < -0.4 is 4.74 Å². The predicted octanol–water partition coefficient (Wildman–Crippen LogP) is 2.20. The highest BCUT2D eigenvalue weighted by molar-refractivity contribution is 9.10. The van der Waals surface area contributed by atoms with Crippen LogP contribution in [0.25, 0.3) is 0 Å². The van der Waals surface area contributed by atoms with Crippen molar-refractivity contribution in [1.82, 2.24) is 9.21 Å². The summed E-state index contributed by atoms with van der Waals surface area (Å²) in [5.41, 5.74) is 0. The van der Waals surface area contributed by atoms with Gasteiger partial charge in [-0.3, -0.25) is 4.79 Å². The smallest absolute Gasteiger partial charge is 0.289 e. The highest BCUT2D eigenvalue weighted by atomic mass is 79.9. The quantitative estimate of drug-likeness (QED) is 0.745. The number of amides is 1. The van der Waals surface area contributed by atoms with E-state index in [1.54, 1.807) is 23.1 Å². The molecule has 9 heteroatoms. The molecule has 7 nitrogen and oxygen atoms in total. The molecule has 1 aliphatic rings. The summed E-state index contributed by atoms with van der Waals surface area (Å²) in [6, 6.07) is 7.90. The Morgan fingerprint density at radius 1 is 1.20 bits per heavy atom. The van der Waals surface area contributed by atoms with Gasteiger partial charge in [0.15, 0.2) is 5.76 Å². The van der Waals surface area contributed by atoms with Gasteiger partial charge in [-0.15, -0.1) is 0 Å². The summed E-state index contributed by atoms with van der Waals surface area (Å²) in [4.78, 5) is 14.0. The predicted molar refractivity (Wildman–Crippen MR) is 94.1 cm³/mol. The molecule has 0 atom stereocenters. The van der Waals surface area contributed by atoms with Gasteiger partial charge in [0.1, 0.15) is 5.75 Å². The van der Waals surface area contributed by atoms with Crippen molar-refractivity contribution in [2.45, 2.75) is 4.90 Å². The fourth-order valence-electron chi connectivity index (χ4n) is 2.64. The zero-order chi connectivity index (χ0) is 18.0. The van der Waals surface area contributed by atoms with E-state index < -0.39 is 10.0 Å². The van der Waals surface area contributed by atoms with Crippen LogP contribution in [0.15, 0.2) is 50.4 Å². The third kappa shape index (κ3) is 3.58. The van der Waals surface area contributed by atoms with E-state index in [-0.39, 0.29) is 29.7 Å². The Kier molecular flexibility index (Phi) is 5.16. The fraction of sp³-hybridized carbons (Fsp3) is 0.312. The summed E-state index contributed by atoms with van der Waals surface area (Å²) in [5.74, 6) is 0.481. The molecule has 1 amide bonds. The third-order valence-corrected chi connectivity index (χ3v) is 6.57. The number of benzene rings is 1. The van der Waals surface area contributed by atoms with Gasteiger partial charge in [0.25, 0.3) is 5.91 Å². The molecule has 2 aromatic rings. The molecule has 0 bridgehead atoms. The number of methoxy groups -OCH3 is 1. The third-order valence-electron chi connectivity index (χ3n) is 4.02. The van der Waals surface area contributed by atoms with Crippen LogP contribution in [-0.2, 0) is 10.0 Å². The molecule has 0 unspecified atom stereocenters. The monoisotopic (exact) mass is 428 g/mol. The molecular weight excluding hydrogens is 412 g/mol. The minimum absolute atomic E-state index is 0.165. The maximum absolute atomic E-state index is 12.8. The molecule has 1 aliphatic heterocycles. The Morgan fingerprint density at radius 2 is 1.92 bits per heavy atom. The van der Waals surface area contributed by atoms with E-state index >= 15 is 0 Å². The first-order valence-corrected chi connectivity index (χ1v) is 9.83. The summed E-state index contributed by atoms with van der Waals surface area (Å²) in [5, 5.41) is 0. The van der Waals surface area contributed by atoms with Crippen molar-refractivity contribution < 1.29 is 22.4 Å². The second kappa shape index (κ2) is 7.19. The second-order valence-corrected chi connectivity index (χ2v) is 8.26. The zero-order valence-corrected chi connectivity index (χ0v) is 15.9. The van der Waals surface area contributed by atoms with E-state index in [0.29, 0.717) is 23.3 Å². The van der Waals surface area contributed by atoms with Gasteiger partial charge >= 0.3 is 0 Å². The van der Waals surface area contributed by atoms with Crippen LogP contribution in [-0.4, -0.2) is 56.8 Å². The van der Waals surface area contributed by atoms with E-state index in [0.717, 1.165) is 0 Å². The van der Waals surface area contributed by atoms with E-state index in [9.17, 15) is 13.2 Å². The molecule has 1 aromatic carbocycles. The molecule has 1 saturated heterocycles. The SMILES string of the molecule is COc1cc(S(=O)(=O)N2CCN(C(=O)c3ccco3)CC2)ccc1Br. The molecule has 1 fully saturated rings. The van der Waals surface area contributed by atoms with Crippen molar-refractivity contribution in [2.75, 3.05) is 33.3 Å². The number of rotatable bonds is 4. The minimum atomic E-state index is -3.64. The van der Waals surface area contributed by atoms with Crippen LogP contribution in [0.5, 0.6) is 5.75 Å². The lowest BCUT2D eigenvalue weighted by atomic mass is 10.3. The van der Waals surface area contributed by atoms with Gasteiger partial charge in [-0.1, -0.05) is 0 Å². The van der Waals surface area contributed by atoms with Gasteiger partial charge in [-0.05, 0) is 40.2 Å². The lowest BCUT2D eigenvalue weighted by Crippen LogP contribution is -2.50. The maximum atomic E-state index is 12.8. The normalized spacial score (nSPS) is 16.0. The summed E-state index contributed by atoms with van der Waals surface area (Å²) in [6.45, 7) is 1.08. The summed E-state index contributed by atoms with van der Waals surface area (Å²) >= 11 is 3.31. The highest BCUT2D eigenvalue weighted by Crippen LogP contribution is 2.29. The first-order valence-electron chi connectivity index (χ1n) is 7.60. The topological polar surface area (TPSA) is 80.1 Å². The molecule has 134 valence electrons. The molecule has 0 aliphatic carbocycles. The van der Waals surface area contributed by atoms with E-state index in [1.165, 1.54) is 29.8 Å². The molecule has 0 saturated carbocycles. The average molecular weight is 429 g/mol. The Labute approximate surface area is 154 Å². The number of carbonyl (C=O) groups excluding carboxylic acids is 1. The van der Waals surface area contributed by atoms with Crippen molar-refractivity contribution in [3.8, 4) is 5.75 Å². The van der Waals surface area contributed by atoms with Crippen LogP contribution in [0.3, 0.4) is 0 Å². The van der Waals surface area contributed by atoms with Crippen LogP contribution in [0.2, 0.25) is 0 Å². The molecule has 2 heterocycles. The Balaban J connectivity index is 1.72. The molecule has 0 N–H and O–H groups in total. The van der Waals surface area contributed by atoms with Gasteiger partial charge in [0.2, 0.25) is 10.0 Å². The molecule has 3 rings (SSSR count). The molecule has 25 heavy (non-hydrogen) atoms. The Bertz CT molecular complexity index is 859. The highest BCUT2D eigenvalue weighted by Gasteiger charge is 2.31. The number of carbonyl (C=O) groups is 1. The maximum Gasteiger partial charge on any atom is 0.289 e. The number of piperazine rings is 1. The van der Waals surface area contributed by atoms with Gasteiger partial charge < -0.3 is 14.1 Å². The van der Waals surface area contributed by atoms with Crippen molar-refractivity contribution in [2.24, 2.45) is 0 Å². The summed E-state index contributed by atoms with van der Waals surface area (Å²) in [7, 11) is -2.16. The van der Waals surface area contributed by atoms with Crippen LogP contribution in [0.4, 0.5) is 0 Å². The second-order valence-electron chi connectivity index (χ2n) is 5.47. The lowest BCUT2D eigenvalue weighted by Gasteiger charge is -2.33. The average Bonchev–Trinajstić information content (AvgIpc) is 3.16. The van der Waals surface area contributed by atoms with Crippen molar-refractivity contribution in [1.29, 1.82) is 0 Å².